The van der Waals surface area contributed by atoms with Gasteiger partial charge in [0.15, 0.2) is 17.1 Å². The highest BCUT2D eigenvalue weighted by molar-refractivity contribution is 6.14. The van der Waals surface area contributed by atoms with Gasteiger partial charge in [0, 0.05) is 27.1 Å². The average molecular weight is 915 g/mol. The number of hydrogen-bond acceptors (Lipinski definition) is 3. The number of nitrogens with zero attached hydrogens (tertiary/aromatic N) is 8. The van der Waals surface area contributed by atoms with Crippen molar-refractivity contribution in [2.24, 2.45) is 0 Å². The predicted molar refractivity (Wildman–Crippen MR) is 288 cm³/mol. The molecule has 0 N–H and O–H groups in total. The van der Waals surface area contributed by atoms with Crippen molar-refractivity contribution in [1.82, 2.24) is 14.1 Å². The highest BCUT2D eigenvalue weighted by Gasteiger charge is 2.23. The first kappa shape index (κ1) is 42.5. The van der Waals surface area contributed by atoms with E-state index in [0.717, 1.165) is 105 Å². The SMILES string of the molecule is [C-]#[N+]c1cccc(-c2cc(-n3c4ccc(-c5ccccc5[N+]#[C-])cc4c4cc(-c5ccccc5[N+]#[C-])ccc43)ncc2-n2c3ccc(-c4ccccc4C#N)cc3c3cc(-c4ccccc4C#N)ccc32)c1. The Kier molecular flexibility index (Phi) is 10.3. The molecular weight excluding hydrogens is 881 g/mol. The normalized spacial score (nSPS) is 11.0. The van der Waals surface area contributed by atoms with Crippen LogP contribution in [-0.4, -0.2) is 14.1 Å². The molecule has 0 aliphatic heterocycles. The van der Waals surface area contributed by atoms with Crippen LogP contribution in [0.3, 0.4) is 0 Å². The maximum atomic E-state index is 10.1. The van der Waals surface area contributed by atoms with E-state index in [1.54, 1.807) is 6.07 Å². The first-order chi connectivity index (χ1) is 35.5. The van der Waals surface area contributed by atoms with E-state index in [0.29, 0.717) is 34.0 Å². The minimum absolute atomic E-state index is 0.497. The lowest BCUT2D eigenvalue weighted by atomic mass is 9.96. The van der Waals surface area contributed by atoms with Gasteiger partial charge >= 0.3 is 0 Å². The molecular formula is C64H34N8. The number of fused-ring (bicyclic) bond motifs is 6. The van der Waals surface area contributed by atoms with Crippen molar-refractivity contribution in [1.29, 1.82) is 10.5 Å². The van der Waals surface area contributed by atoms with Crippen LogP contribution in [0.2, 0.25) is 0 Å². The van der Waals surface area contributed by atoms with Gasteiger partial charge in [-0.1, -0.05) is 127 Å². The summed E-state index contributed by atoms with van der Waals surface area (Å²) in [7, 11) is 0. The Morgan fingerprint density at radius 1 is 0.375 bits per heavy atom. The summed E-state index contributed by atoms with van der Waals surface area (Å²) in [6.07, 6.45) is 1.91. The molecule has 8 heteroatoms. The van der Waals surface area contributed by atoms with Gasteiger partial charge in [-0.3, -0.25) is 4.57 Å². The second-order valence-corrected chi connectivity index (χ2v) is 17.4. The molecule has 0 atom stereocenters. The molecule has 0 bridgehead atoms. The van der Waals surface area contributed by atoms with Crippen LogP contribution < -0.4 is 0 Å². The fraction of sp³-hybridized carbons (Fsp3) is 0. The Morgan fingerprint density at radius 2 is 0.792 bits per heavy atom. The number of nitriles is 2. The summed E-state index contributed by atoms with van der Waals surface area (Å²) < 4.78 is 4.38. The van der Waals surface area contributed by atoms with Crippen LogP contribution in [0.25, 0.3) is 125 Å². The molecule has 8 nitrogen and oxygen atoms in total. The highest BCUT2D eigenvalue weighted by atomic mass is 15.1. The number of aromatic nitrogens is 3. The second-order valence-electron chi connectivity index (χ2n) is 17.4. The monoisotopic (exact) mass is 914 g/mol. The van der Waals surface area contributed by atoms with Crippen LogP contribution in [0.4, 0.5) is 17.1 Å². The lowest BCUT2D eigenvalue weighted by molar-refractivity contribution is 1.06. The minimum Gasteiger partial charge on any atom is -0.307 e. The molecule has 3 aromatic heterocycles. The summed E-state index contributed by atoms with van der Waals surface area (Å²) >= 11 is 0. The van der Waals surface area contributed by atoms with Crippen molar-refractivity contribution >= 4 is 60.7 Å². The van der Waals surface area contributed by atoms with Crippen LogP contribution >= 0.6 is 0 Å². The summed E-state index contributed by atoms with van der Waals surface area (Å²) in [4.78, 5) is 16.9. The zero-order valence-electron chi connectivity index (χ0n) is 38.2. The van der Waals surface area contributed by atoms with E-state index < -0.39 is 0 Å². The molecule has 0 spiro atoms. The van der Waals surface area contributed by atoms with Gasteiger partial charge < -0.3 is 4.57 Å². The van der Waals surface area contributed by atoms with Gasteiger partial charge in [0.1, 0.15) is 5.82 Å². The van der Waals surface area contributed by atoms with Crippen LogP contribution in [0.1, 0.15) is 11.1 Å². The summed E-state index contributed by atoms with van der Waals surface area (Å²) in [6, 6.07) is 70.1. The molecule has 12 aromatic rings. The molecule has 3 heterocycles. The molecule has 0 saturated heterocycles. The smallest absolute Gasteiger partial charge is 0.194 e. The van der Waals surface area contributed by atoms with Gasteiger partial charge in [0.05, 0.1) is 76.9 Å². The largest absolute Gasteiger partial charge is 0.307 e. The third kappa shape index (κ3) is 6.92. The summed E-state index contributed by atoms with van der Waals surface area (Å²) in [6.45, 7) is 23.9. The third-order valence-electron chi connectivity index (χ3n) is 13.5. The van der Waals surface area contributed by atoms with Crippen molar-refractivity contribution in [2.75, 3.05) is 0 Å². The minimum atomic E-state index is 0.497. The molecule has 9 aromatic carbocycles. The van der Waals surface area contributed by atoms with Crippen molar-refractivity contribution in [3.05, 3.63) is 252 Å². The van der Waals surface area contributed by atoms with Gasteiger partial charge in [-0.25, -0.2) is 19.5 Å². The van der Waals surface area contributed by atoms with Crippen molar-refractivity contribution < 1.29 is 0 Å². The fourth-order valence-electron chi connectivity index (χ4n) is 10.2. The predicted octanol–water partition coefficient (Wildman–Crippen LogP) is 17.0. The van der Waals surface area contributed by atoms with Crippen LogP contribution in [0.5, 0.6) is 0 Å². The Balaban J connectivity index is 1.14. The zero-order chi connectivity index (χ0) is 48.9. The summed E-state index contributed by atoms with van der Waals surface area (Å²) in [5, 5.41) is 24.1. The number of para-hydroxylation sites is 2. The Bertz CT molecular complexity index is 4250. The summed E-state index contributed by atoms with van der Waals surface area (Å²) in [5.74, 6) is 0.650. The van der Waals surface area contributed by atoms with E-state index in [4.69, 9.17) is 24.7 Å². The van der Waals surface area contributed by atoms with Gasteiger partial charge in [0.2, 0.25) is 0 Å². The van der Waals surface area contributed by atoms with Crippen molar-refractivity contribution in [2.45, 2.75) is 0 Å². The fourth-order valence-corrected chi connectivity index (χ4v) is 10.2. The molecule has 0 amide bonds. The van der Waals surface area contributed by atoms with Crippen LogP contribution in [0, 0.1) is 42.4 Å². The summed E-state index contributed by atoms with van der Waals surface area (Å²) in [5.41, 5.74) is 15.8. The molecule has 0 saturated carbocycles. The van der Waals surface area contributed by atoms with Gasteiger partial charge in [-0.2, -0.15) is 10.5 Å². The number of benzene rings is 9. The lowest BCUT2D eigenvalue weighted by Gasteiger charge is -2.17. The molecule has 0 aliphatic rings. The Morgan fingerprint density at radius 3 is 1.25 bits per heavy atom. The molecule has 0 unspecified atom stereocenters. The lowest BCUT2D eigenvalue weighted by Crippen LogP contribution is -2.03. The van der Waals surface area contributed by atoms with Gasteiger partial charge in [-0.15, -0.1) is 0 Å². The first-order valence-electron chi connectivity index (χ1n) is 23.1. The topological polar surface area (TPSA) is 83.4 Å². The maximum Gasteiger partial charge on any atom is 0.194 e. The van der Waals surface area contributed by atoms with Crippen molar-refractivity contribution in [3.63, 3.8) is 0 Å². The standard InChI is InChI=1S/C64H34N8/c1-67-47-16-12-15-40(31-47)52-36-64(72-61-29-25-43(50-19-8-10-21-57(50)68-2)34-55(61)56-35-44(26-30-62(56)72)51-20-9-11-22-58(51)69-3)70-39-63(52)71-59-27-23-41(48-17-6-4-13-45(48)37-65)32-53(59)54-33-42(24-28-60(54)71)49-18-7-5-14-46(49)38-66/h4-36,39H. The van der Waals surface area contributed by atoms with Crippen LogP contribution in [-0.2, 0) is 0 Å². The highest BCUT2D eigenvalue weighted by Crippen LogP contribution is 2.44. The second kappa shape index (κ2) is 17.4. The third-order valence-corrected chi connectivity index (χ3v) is 13.5. The van der Waals surface area contributed by atoms with E-state index in [1.165, 1.54) is 0 Å². The van der Waals surface area contributed by atoms with E-state index in [9.17, 15) is 10.5 Å². The number of hydrogen-bond donors (Lipinski definition) is 0. The van der Waals surface area contributed by atoms with Crippen LogP contribution in [0.15, 0.2) is 206 Å². The quantitative estimate of drug-likeness (QED) is 0.149. The van der Waals surface area contributed by atoms with Gasteiger partial charge in [-0.05, 0) is 123 Å². The number of rotatable bonds is 7. The van der Waals surface area contributed by atoms with E-state index in [-0.39, 0.29) is 0 Å². The molecule has 72 heavy (non-hydrogen) atoms. The molecule has 0 fully saturated rings. The Labute approximate surface area is 414 Å². The van der Waals surface area contributed by atoms with Gasteiger partial charge in [0.25, 0.3) is 0 Å². The average Bonchev–Trinajstić information content (AvgIpc) is 3.95. The molecule has 12 rings (SSSR count). The molecule has 0 aliphatic carbocycles. The number of pyridine rings is 1. The van der Waals surface area contributed by atoms with E-state index in [2.05, 4.69) is 115 Å². The molecule has 0 radical (unpaired) electrons. The molecule has 330 valence electrons. The van der Waals surface area contributed by atoms with Crippen molar-refractivity contribution in [3.8, 4) is 79.3 Å². The van der Waals surface area contributed by atoms with E-state index >= 15 is 0 Å². The first-order valence-corrected chi connectivity index (χ1v) is 23.1. The van der Waals surface area contributed by atoms with E-state index in [1.807, 2.05) is 121 Å². The zero-order valence-corrected chi connectivity index (χ0v) is 38.2. The Hall–Kier alpha value is -10.8. The maximum absolute atomic E-state index is 10.1.